The Morgan fingerprint density at radius 3 is 2.54 bits per heavy atom. The number of halogens is 1. The van der Waals surface area contributed by atoms with Gasteiger partial charge >= 0.3 is 0 Å². The van der Waals surface area contributed by atoms with Crippen molar-refractivity contribution in [1.82, 2.24) is 0 Å². The largest absolute Gasteiger partial charge is 0.356 e. The van der Waals surface area contributed by atoms with Gasteiger partial charge in [-0.15, -0.1) is 0 Å². The molecule has 0 saturated heterocycles. The summed E-state index contributed by atoms with van der Waals surface area (Å²) >= 11 is 3.41. The molecule has 3 heteroatoms. The molecule has 13 heavy (non-hydrogen) atoms. The molecule has 0 aliphatic carbocycles. The van der Waals surface area contributed by atoms with E-state index in [0.29, 0.717) is 0 Å². The van der Waals surface area contributed by atoms with Crippen LogP contribution in [0.1, 0.15) is 5.56 Å². The molecule has 1 aromatic rings. The zero-order valence-corrected chi connectivity index (χ0v) is 9.37. The molecule has 0 bridgehead atoms. The molecule has 1 rings (SSSR count). The summed E-state index contributed by atoms with van der Waals surface area (Å²) in [4.78, 5) is 0. The Balaban J connectivity index is 2.62. The van der Waals surface area contributed by atoms with Gasteiger partial charge in [-0.1, -0.05) is 28.1 Å². The van der Waals surface area contributed by atoms with Crippen LogP contribution in [0.2, 0.25) is 0 Å². The summed E-state index contributed by atoms with van der Waals surface area (Å²) in [6.07, 6.45) is 0.612. The maximum absolute atomic E-state index is 5.11. The zero-order valence-electron chi connectivity index (χ0n) is 7.79. The van der Waals surface area contributed by atoms with E-state index in [1.54, 1.807) is 14.2 Å². The predicted molar refractivity (Wildman–Crippen MR) is 55.7 cm³/mol. The van der Waals surface area contributed by atoms with Crippen LogP contribution in [0.25, 0.3) is 0 Å². The van der Waals surface area contributed by atoms with Gasteiger partial charge in [0.1, 0.15) is 0 Å². The molecule has 0 aromatic heterocycles. The molecule has 0 aliphatic rings. The van der Waals surface area contributed by atoms with E-state index in [4.69, 9.17) is 9.47 Å². The van der Waals surface area contributed by atoms with E-state index in [1.165, 1.54) is 5.56 Å². The van der Waals surface area contributed by atoms with Gasteiger partial charge in [0.05, 0.1) is 0 Å². The average molecular weight is 245 g/mol. The molecule has 0 unspecified atom stereocenters. The van der Waals surface area contributed by atoms with Gasteiger partial charge in [-0.2, -0.15) is 0 Å². The lowest BCUT2D eigenvalue weighted by atomic mass is 10.1. The van der Waals surface area contributed by atoms with Crippen LogP contribution in [0.5, 0.6) is 0 Å². The molecule has 0 aliphatic heterocycles. The zero-order chi connectivity index (χ0) is 9.68. The Labute approximate surface area is 87.0 Å². The van der Waals surface area contributed by atoms with Crippen LogP contribution >= 0.6 is 15.9 Å². The van der Waals surface area contributed by atoms with Crippen molar-refractivity contribution >= 4 is 15.9 Å². The Bertz CT molecular complexity index is 259. The molecule has 0 amide bonds. The fourth-order valence-electron chi connectivity index (χ4n) is 1.12. The van der Waals surface area contributed by atoms with Crippen molar-refractivity contribution < 1.29 is 9.47 Å². The summed E-state index contributed by atoms with van der Waals surface area (Å²) in [5.74, 6) is 0. The van der Waals surface area contributed by atoms with E-state index < -0.39 is 0 Å². The quantitative estimate of drug-likeness (QED) is 0.759. The van der Waals surface area contributed by atoms with Gasteiger partial charge in [0.25, 0.3) is 0 Å². The normalized spacial score (nSPS) is 10.8. The van der Waals surface area contributed by atoms with E-state index in [1.807, 2.05) is 12.1 Å². The van der Waals surface area contributed by atoms with E-state index in [0.717, 1.165) is 10.9 Å². The number of methoxy groups -OCH3 is 2. The maximum Gasteiger partial charge on any atom is 0.160 e. The number of ether oxygens (including phenoxy) is 2. The lowest BCUT2D eigenvalue weighted by molar-refractivity contribution is -0.100. The standard InChI is InChI=1S/C10H13BrO2/c1-12-10(13-2)7-8-4-3-5-9(11)6-8/h3-6,10H,7H2,1-2H3. The Morgan fingerprint density at radius 2 is 2.00 bits per heavy atom. The molecule has 72 valence electrons. The highest BCUT2D eigenvalue weighted by Gasteiger charge is 2.05. The van der Waals surface area contributed by atoms with Crippen molar-refractivity contribution in [2.75, 3.05) is 14.2 Å². The summed E-state index contributed by atoms with van der Waals surface area (Å²) in [5, 5.41) is 0. The van der Waals surface area contributed by atoms with Crippen molar-refractivity contribution in [2.45, 2.75) is 12.7 Å². The monoisotopic (exact) mass is 244 g/mol. The minimum atomic E-state index is -0.158. The second-order valence-corrected chi connectivity index (χ2v) is 3.65. The van der Waals surface area contributed by atoms with Crippen molar-refractivity contribution in [3.05, 3.63) is 34.3 Å². The minimum absolute atomic E-state index is 0.158. The molecule has 0 atom stereocenters. The maximum atomic E-state index is 5.11. The fourth-order valence-corrected chi connectivity index (χ4v) is 1.57. The molecular weight excluding hydrogens is 232 g/mol. The van der Waals surface area contributed by atoms with Crippen LogP contribution in [-0.2, 0) is 15.9 Å². The first-order chi connectivity index (χ1) is 6.26. The van der Waals surface area contributed by atoms with Gasteiger partial charge in [0.2, 0.25) is 0 Å². The van der Waals surface area contributed by atoms with Crippen LogP contribution in [0.4, 0.5) is 0 Å². The summed E-state index contributed by atoms with van der Waals surface area (Å²) < 4.78 is 11.3. The van der Waals surface area contributed by atoms with E-state index in [-0.39, 0.29) is 6.29 Å². The summed E-state index contributed by atoms with van der Waals surface area (Å²) in [5.41, 5.74) is 1.20. The fraction of sp³-hybridized carbons (Fsp3) is 0.400. The van der Waals surface area contributed by atoms with Gasteiger partial charge in [0.15, 0.2) is 6.29 Å². The van der Waals surface area contributed by atoms with Crippen LogP contribution < -0.4 is 0 Å². The highest BCUT2D eigenvalue weighted by molar-refractivity contribution is 9.10. The second-order valence-electron chi connectivity index (χ2n) is 2.74. The third-order valence-electron chi connectivity index (χ3n) is 1.82. The highest BCUT2D eigenvalue weighted by atomic mass is 79.9. The molecular formula is C10H13BrO2. The van der Waals surface area contributed by atoms with Crippen LogP contribution in [0.3, 0.4) is 0 Å². The highest BCUT2D eigenvalue weighted by Crippen LogP contribution is 2.13. The summed E-state index contributed by atoms with van der Waals surface area (Å²) in [6.45, 7) is 0. The first-order valence-corrected chi connectivity index (χ1v) is 4.85. The van der Waals surface area contributed by atoms with Crippen molar-refractivity contribution in [2.24, 2.45) is 0 Å². The molecule has 0 heterocycles. The van der Waals surface area contributed by atoms with Crippen molar-refractivity contribution in [3.63, 3.8) is 0 Å². The van der Waals surface area contributed by atoms with Crippen LogP contribution in [0, 0.1) is 0 Å². The molecule has 0 radical (unpaired) electrons. The first kappa shape index (κ1) is 10.7. The minimum Gasteiger partial charge on any atom is -0.356 e. The van der Waals surface area contributed by atoms with E-state index in [9.17, 15) is 0 Å². The SMILES string of the molecule is COC(Cc1cccc(Br)c1)OC. The predicted octanol–water partition coefficient (Wildman–Crippen LogP) is 2.61. The van der Waals surface area contributed by atoms with E-state index in [2.05, 4.69) is 28.1 Å². The van der Waals surface area contributed by atoms with Gasteiger partial charge in [-0.3, -0.25) is 0 Å². The number of benzene rings is 1. The number of hydrogen-bond donors (Lipinski definition) is 0. The summed E-state index contributed by atoms with van der Waals surface area (Å²) in [7, 11) is 3.29. The van der Waals surface area contributed by atoms with Crippen molar-refractivity contribution in [1.29, 1.82) is 0 Å². The molecule has 0 saturated carbocycles. The average Bonchev–Trinajstić information content (AvgIpc) is 2.14. The first-order valence-electron chi connectivity index (χ1n) is 4.06. The van der Waals surface area contributed by atoms with Gasteiger partial charge in [0, 0.05) is 25.1 Å². The van der Waals surface area contributed by atoms with Gasteiger partial charge in [-0.05, 0) is 17.7 Å². The van der Waals surface area contributed by atoms with Gasteiger partial charge < -0.3 is 9.47 Å². The Kier molecular flexibility index (Phi) is 4.42. The summed E-state index contributed by atoms with van der Waals surface area (Å²) in [6, 6.07) is 8.11. The molecule has 0 N–H and O–H groups in total. The lowest BCUT2D eigenvalue weighted by Crippen LogP contribution is -2.15. The van der Waals surface area contributed by atoms with E-state index >= 15 is 0 Å². The van der Waals surface area contributed by atoms with Crippen LogP contribution in [-0.4, -0.2) is 20.5 Å². The Hall–Kier alpha value is -0.380. The number of rotatable bonds is 4. The smallest absolute Gasteiger partial charge is 0.160 e. The molecule has 0 spiro atoms. The third kappa shape index (κ3) is 3.46. The second kappa shape index (κ2) is 5.37. The van der Waals surface area contributed by atoms with Crippen LogP contribution in [0.15, 0.2) is 28.7 Å². The number of hydrogen-bond acceptors (Lipinski definition) is 2. The van der Waals surface area contributed by atoms with Gasteiger partial charge in [-0.25, -0.2) is 0 Å². The third-order valence-corrected chi connectivity index (χ3v) is 2.31. The Morgan fingerprint density at radius 1 is 1.31 bits per heavy atom. The molecule has 0 fully saturated rings. The topological polar surface area (TPSA) is 18.5 Å². The molecule has 1 aromatic carbocycles. The molecule has 2 nitrogen and oxygen atoms in total. The lowest BCUT2D eigenvalue weighted by Gasteiger charge is -2.12. The van der Waals surface area contributed by atoms with Crippen molar-refractivity contribution in [3.8, 4) is 0 Å².